The number of nitrogens with zero attached hydrogens (tertiary/aromatic N) is 1. The van der Waals surface area contributed by atoms with Gasteiger partial charge in [0.05, 0.1) is 6.54 Å². The molecule has 0 bridgehead atoms. The molecule has 0 amide bonds. The Morgan fingerprint density at radius 3 is 2.19 bits per heavy atom. The number of aldehydes is 1. The van der Waals surface area contributed by atoms with Crippen molar-refractivity contribution in [2.24, 2.45) is 0 Å². The lowest BCUT2D eigenvalue weighted by atomic mass is 10.1. The van der Waals surface area contributed by atoms with Gasteiger partial charge >= 0.3 is 0 Å². The minimum atomic E-state index is 0.522. The van der Waals surface area contributed by atoms with Crippen LogP contribution in [0.1, 0.15) is 24.5 Å². The Morgan fingerprint density at radius 2 is 1.69 bits per heavy atom. The SMILES string of the molecule is CCCc1ccc(CCN(C)CC=O)cc1. The lowest BCUT2D eigenvalue weighted by Gasteiger charge is -2.12. The molecule has 88 valence electrons. The Labute approximate surface area is 98.3 Å². The fourth-order valence-corrected chi connectivity index (χ4v) is 1.70. The quantitative estimate of drug-likeness (QED) is 0.656. The normalized spacial score (nSPS) is 10.7. The molecule has 0 aromatic heterocycles. The summed E-state index contributed by atoms with van der Waals surface area (Å²) in [6.07, 6.45) is 4.31. The zero-order chi connectivity index (χ0) is 11.8. The highest BCUT2D eigenvalue weighted by Crippen LogP contribution is 2.07. The van der Waals surface area contributed by atoms with Crippen molar-refractivity contribution in [1.29, 1.82) is 0 Å². The molecule has 0 radical (unpaired) electrons. The molecule has 0 atom stereocenters. The lowest BCUT2D eigenvalue weighted by Crippen LogP contribution is -2.23. The van der Waals surface area contributed by atoms with E-state index in [0.717, 1.165) is 25.7 Å². The molecule has 0 aliphatic heterocycles. The van der Waals surface area contributed by atoms with E-state index in [-0.39, 0.29) is 0 Å². The third-order valence-electron chi connectivity index (χ3n) is 2.73. The summed E-state index contributed by atoms with van der Waals surface area (Å²) in [5.74, 6) is 0. The van der Waals surface area contributed by atoms with E-state index in [9.17, 15) is 4.79 Å². The van der Waals surface area contributed by atoms with E-state index in [4.69, 9.17) is 0 Å². The number of carbonyl (C=O) groups is 1. The van der Waals surface area contributed by atoms with Gasteiger partial charge in [-0.2, -0.15) is 0 Å². The number of hydrogen-bond donors (Lipinski definition) is 0. The Kier molecular flexibility index (Phi) is 5.79. The number of rotatable bonds is 7. The van der Waals surface area contributed by atoms with E-state index < -0.39 is 0 Å². The van der Waals surface area contributed by atoms with Gasteiger partial charge in [-0.15, -0.1) is 0 Å². The molecule has 2 nitrogen and oxygen atoms in total. The van der Waals surface area contributed by atoms with Crippen LogP contribution in [0.5, 0.6) is 0 Å². The number of hydrogen-bond acceptors (Lipinski definition) is 2. The number of carbonyl (C=O) groups excluding carboxylic acids is 1. The first kappa shape index (κ1) is 12.9. The van der Waals surface area contributed by atoms with Crippen molar-refractivity contribution in [2.75, 3.05) is 20.1 Å². The standard InChI is InChI=1S/C14H21NO/c1-3-4-13-5-7-14(8-6-13)9-10-15(2)11-12-16/h5-8,12H,3-4,9-11H2,1-2H3. The minimum absolute atomic E-state index is 0.522. The van der Waals surface area contributed by atoms with Gasteiger partial charge in [0.15, 0.2) is 0 Å². The fourth-order valence-electron chi connectivity index (χ4n) is 1.70. The molecule has 16 heavy (non-hydrogen) atoms. The van der Waals surface area contributed by atoms with Crippen LogP contribution in [0, 0.1) is 0 Å². The average Bonchev–Trinajstić information content (AvgIpc) is 2.29. The van der Waals surface area contributed by atoms with Crippen LogP contribution < -0.4 is 0 Å². The molecule has 0 saturated heterocycles. The van der Waals surface area contributed by atoms with Gasteiger partial charge in [-0.1, -0.05) is 37.6 Å². The second kappa shape index (κ2) is 7.18. The highest BCUT2D eigenvalue weighted by atomic mass is 16.1. The van der Waals surface area contributed by atoms with Gasteiger partial charge in [-0.3, -0.25) is 4.90 Å². The summed E-state index contributed by atoms with van der Waals surface area (Å²) in [6, 6.07) is 8.80. The highest BCUT2D eigenvalue weighted by Gasteiger charge is 1.98. The molecule has 1 aromatic carbocycles. The lowest BCUT2D eigenvalue weighted by molar-refractivity contribution is -0.108. The van der Waals surface area contributed by atoms with Crippen LogP contribution in [0.4, 0.5) is 0 Å². The molecule has 0 spiro atoms. The predicted octanol–water partition coefficient (Wildman–Crippen LogP) is 2.31. The zero-order valence-corrected chi connectivity index (χ0v) is 10.3. The van der Waals surface area contributed by atoms with Crippen LogP contribution in [0.2, 0.25) is 0 Å². The topological polar surface area (TPSA) is 20.3 Å². The van der Waals surface area contributed by atoms with Gasteiger partial charge in [0.2, 0.25) is 0 Å². The molecule has 0 aliphatic carbocycles. The highest BCUT2D eigenvalue weighted by molar-refractivity contribution is 5.51. The Balaban J connectivity index is 2.39. The van der Waals surface area contributed by atoms with E-state index >= 15 is 0 Å². The van der Waals surface area contributed by atoms with E-state index in [0.29, 0.717) is 6.54 Å². The Bertz CT molecular complexity index is 305. The van der Waals surface area contributed by atoms with Crippen molar-refractivity contribution in [3.63, 3.8) is 0 Å². The molecule has 0 fully saturated rings. The van der Waals surface area contributed by atoms with Crippen LogP contribution in [0.25, 0.3) is 0 Å². The second-order valence-electron chi connectivity index (χ2n) is 4.25. The third-order valence-corrected chi connectivity index (χ3v) is 2.73. The van der Waals surface area contributed by atoms with Crippen LogP contribution in [-0.4, -0.2) is 31.3 Å². The maximum absolute atomic E-state index is 10.3. The van der Waals surface area contributed by atoms with Crippen molar-refractivity contribution < 1.29 is 4.79 Å². The maximum Gasteiger partial charge on any atom is 0.133 e. The number of benzene rings is 1. The first-order chi connectivity index (χ1) is 7.76. The van der Waals surface area contributed by atoms with E-state index in [1.165, 1.54) is 17.5 Å². The summed E-state index contributed by atoms with van der Waals surface area (Å²) >= 11 is 0. The summed E-state index contributed by atoms with van der Waals surface area (Å²) in [4.78, 5) is 12.3. The average molecular weight is 219 g/mol. The molecular formula is C14H21NO. The first-order valence-electron chi connectivity index (χ1n) is 5.96. The molecule has 2 heteroatoms. The van der Waals surface area contributed by atoms with E-state index in [1.54, 1.807) is 0 Å². The van der Waals surface area contributed by atoms with Crippen LogP contribution >= 0.6 is 0 Å². The van der Waals surface area contributed by atoms with Crippen LogP contribution in [-0.2, 0) is 17.6 Å². The van der Waals surface area contributed by atoms with Gasteiger partial charge < -0.3 is 4.79 Å². The van der Waals surface area contributed by atoms with E-state index in [1.807, 2.05) is 11.9 Å². The minimum Gasteiger partial charge on any atom is -0.302 e. The van der Waals surface area contributed by atoms with Crippen molar-refractivity contribution in [3.05, 3.63) is 35.4 Å². The molecule has 0 unspecified atom stereocenters. The summed E-state index contributed by atoms with van der Waals surface area (Å²) < 4.78 is 0. The largest absolute Gasteiger partial charge is 0.302 e. The summed E-state index contributed by atoms with van der Waals surface area (Å²) in [5.41, 5.74) is 2.75. The third kappa shape index (κ3) is 4.58. The smallest absolute Gasteiger partial charge is 0.133 e. The zero-order valence-electron chi connectivity index (χ0n) is 10.3. The molecule has 0 heterocycles. The molecule has 1 aromatic rings. The molecular weight excluding hydrogens is 198 g/mol. The van der Waals surface area contributed by atoms with Crippen molar-refractivity contribution >= 4 is 6.29 Å². The predicted molar refractivity (Wildman–Crippen MR) is 67.7 cm³/mol. The van der Waals surface area contributed by atoms with Gasteiger partial charge in [0.25, 0.3) is 0 Å². The molecule has 0 aliphatic rings. The Hall–Kier alpha value is -1.15. The second-order valence-corrected chi connectivity index (χ2v) is 4.25. The Morgan fingerprint density at radius 1 is 1.12 bits per heavy atom. The van der Waals surface area contributed by atoms with Gasteiger partial charge in [0.1, 0.15) is 6.29 Å². The van der Waals surface area contributed by atoms with E-state index in [2.05, 4.69) is 31.2 Å². The van der Waals surface area contributed by atoms with Gasteiger partial charge in [0, 0.05) is 6.54 Å². The van der Waals surface area contributed by atoms with Gasteiger partial charge in [-0.25, -0.2) is 0 Å². The summed E-state index contributed by atoms with van der Waals surface area (Å²) in [7, 11) is 1.97. The summed E-state index contributed by atoms with van der Waals surface area (Å²) in [5, 5.41) is 0. The van der Waals surface area contributed by atoms with Crippen molar-refractivity contribution in [1.82, 2.24) is 4.90 Å². The van der Waals surface area contributed by atoms with Gasteiger partial charge in [-0.05, 0) is 31.0 Å². The molecule has 0 N–H and O–H groups in total. The number of likely N-dealkylation sites (N-methyl/N-ethyl adjacent to an activating group) is 1. The van der Waals surface area contributed by atoms with Crippen LogP contribution in [0.3, 0.4) is 0 Å². The summed E-state index contributed by atoms with van der Waals surface area (Å²) in [6.45, 7) is 3.65. The molecule has 1 rings (SSSR count). The molecule has 0 saturated carbocycles. The van der Waals surface area contributed by atoms with Crippen LogP contribution in [0.15, 0.2) is 24.3 Å². The monoisotopic (exact) mass is 219 g/mol. The van der Waals surface area contributed by atoms with Crippen molar-refractivity contribution in [2.45, 2.75) is 26.2 Å². The maximum atomic E-state index is 10.3. The first-order valence-corrected chi connectivity index (χ1v) is 5.96. The van der Waals surface area contributed by atoms with Crippen molar-refractivity contribution in [3.8, 4) is 0 Å². The fraction of sp³-hybridized carbons (Fsp3) is 0.500. The number of aryl methyl sites for hydroxylation is 1.